The molecule has 1 atom stereocenters. The summed E-state index contributed by atoms with van der Waals surface area (Å²) in [6.07, 6.45) is -2.61. The summed E-state index contributed by atoms with van der Waals surface area (Å²) in [7, 11) is 0. The molecule has 1 saturated heterocycles. The Morgan fingerprint density at radius 2 is 1.83 bits per heavy atom. The quantitative estimate of drug-likeness (QED) is 0.887. The molecule has 24 heavy (non-hydrogen) atoms. The van der Waals surface area contributed by atoms with E-state index in [1.54, 1.807) is 4.90 Å². The summed E-state index contributed by atoms with van der Waals surface area (Å²) in [5, 5.41) is 2.59. The molecule has 2 rings (SSSR count). The molecule has 0 radical (unpaired) electrons. The molecule has 1 aromatic carbocycles. The lowest BCUT2D eigenvalue weighted by Crippen LogP contribution is -2.36. The molecule has 1 aliphatic heterocycles. The summed E-state index contributed by atoms with van der Waals surface area (Å²) >= 11 is 0. The Kier molecular flexibility index (Phi) is 5.51. The number of hydrogen-bond acceptors (Lipinski definition) is 2. The number of halogens is 3. The van der Waals surface area contributed by atoms with Gasteiger partial charge in [0.25, 0.3) is 0 Å². The van der Waals surface area contributed by atoms with Crippen molar-refractivity contribution in [3.63, 3.8) is 0 Å². The van der Waals surface area contributed by atoms with Crippen LogP contribution >= 0.6 is 0 Å². The molecule has 1 heterocycles. The third kappa shape index (κ3) is 4.07. The topological polar surface area (TPSA) is 49.4 Å². The largest absolute Gasteiger partial charge is 0.416 e. The third-order valence-corrected chi connectivity index (χ3v) is 4.39. The van der Waals surface area contributed by atoms with E-state index >= 15 is 0 Å². The second-order valence-electron chi connectivity index (χ2n) is 5.98. The van der Waals surface area contributed by atoms with Crippen LogP contribution in [0.15, 0.2) is 24.3 Å². The van der Waals surface area contributed by atoms with Crippen molar-refractivity contribution >= 4 is 17.5 Å². The average Bonchev–Trinajstić information content (AvgIpc) is 2.90. The van der Waals surface area contributed by atoms with Crippen LogP contribution in [0.5, 0.6) is 0 Å². The molecule has 7 heteroatoms. The predicted octanol–water partition coefficient (Wildman–Crippen LogP) is 3.68. The van der Waals surface area contributed by atoms with Crippen molar-refractivity contribution in [2.75, 3.05) is 11.9 Å². The maximum Gasteiger partial charge on any atom is 0.416 e. The van der Waals surface area contributed by atoms with Crippen molar-refractivity contribution < 1.29 is 22.8 Å². The van der Waals surface area contributed by atoms with Crippen molar-refractivity contribution in [1.29, 1.82) is 0 Å². The molecule has 0 aromatic heterocycles. The summed E-state index contributed by atoms with van der Waals surface area (Å²) in [6, 6.07) is 4.41. The lowest BCUT2D eigenvalue weighted by atomic mass is 10.1. The van der Waals surface area contributed by atoms with E-state index in [0.717, 1.165) is 25.0 Å². The zero-order valence-electron chi connectivity index (χ0n) is 13.7. The zero-order valence-corrected chi connectivity index (χ0v) is 13.7. The van der Waals surface area contributed by atoms with E-state index in [1.807, 2.05) is 13.8 Å². The number of amides is 2. The molecule has 2 amide bonds. The molecule has 0 spiro atoms. The lowest BCUT2D eigenvalue weighted by Gasteiger charge is -2.26. The van der Waals surface area contributed by atoms with E-state index in [2.05, 4.69) is 5.32 Å². The SMILES string of the molecule is CCC(CC)N1CC(C(=O)Nc2ccc(C(F)(F)F)cc2)CC1=O. The number of likely N-dealkylation sites (tertiary alicyclic amines) is 1. The van der Waals surface area contributed by atoms with E-state index in [4.69, 9.17) is 0 Å². The highest BCUT2D eigenvalue weighted by atomic mass is 19.4. The number of rotatable bonds is 5. The maximum atomic E-state index is 12.5. The van der Waals surface area contributed by atoms with Gasteiger partial charge < -0.3 is 10.2 Å². The molecule has 1 unspecified atom stereocenters. The Bertz CT molecular complexity index is 595. The van der Waals surface area contributed by atoms with Gasteiger partial charge in [-0.1, -0.05) is 13.8 Å². The molecular weight excluding hydrogens is 321 g/mol. The molecule has 132 valence electrons. The minimum atomic E-state index is -4.41. The fourth-order valence-electron chi connectivity index (χ4n) is 2.98. The number of carbonyl (C=O) groups is 2. The first-order valence-corrected chi connectivity index (χ1v) is 8.03. The van der Waals surface area contributed by atoms with Crippen LogP contribution in [0.1, 0.15) is 38.7 Å². The van der Waals surface area contributed by atoms with Crippen molar-refractivity contribution in [3.05, 3.63) is 29.8 Å². The summed E-state index contributed by atoms with van der Waals surface area (Å²) in [4.78, 5) is 26.1. The minimum absolute atomic E-state index is 0.0451. The number of benzene rings is 1. The molecule has 0 aliphatic carbocycles. The Balaban J connectivity index is 1.99. The standard InChI is InChI=1S/C17H21F3N2O2/c1-3-14(4-2)22-10-11(9-15(22)23)16(24)21-13-7-5-12(6-8-13)17(18,19)20/h5-8,11,14H,3-4,9-10H2,1-2H3,(H,21,24). The second-order valence-corrected chi connectivity index (χ2v) is 5.98. The summed E-state index contributed by atoms with van der Waals surface area (Å²) in [5.41, 5.74) is -0.474. The number of nitrogens with zero attached hydrogens (tertiary/aromatic N) is 1. The van der Waals surface area contributed by atoms with Crippen LogP contribution < -0.4 is 5.32 Å². The van der Waals surface area contributed by atoms with Crippen molar-refractivity contribution in [1.82, 2.24) is 4.90 Å². The van der Waals surface area contributed by atoms with Crippen molar-refractivity contribution in [3.8, 4) is 0 Å². The average molecular weight is 342 g/mol. The molecule has 4 nitrogen and oxygen atoms in total. The summed E-state index contributed by atoms with van der Waals surface area (Å²) in [6.45, 7) is 4.35. The maximum absolute atomic E-state index is 12.5. The second kappa shape index (κ2) is 7.23. The highest BCUT2D eigenvalue weighted by Gasteiger charge is 2.37. The van der Waals surface area contributed by atoms with Crippen molar-refractivity contribution in [2.24, 2.45) is 5.92 Å². The van der Waals surface area contributed by atoms with Gasteiger partial charge in [-0.3, -0.25) is 9.59 Å². The Morgan fingerprint density at radius 3 is 2.33 bits per heavy atom. The van der Waals surface area contributed by atoms with Crippen LogP contribution in [-0.2, 0) is 15.8 Å². The van der Waals surface area contributed by atoms with Crippen LogP contribution in [0.2, 0.25) is 0 Å². The molecular formula is C17H21F3N2O2. The fourth-order valence-corrected chi connectivity index (χ4v) is 2.98. The first-order chi connectivity index (χ1) is 11.3. The van der Waals surface area contributed by atoms with Gasteiger partial charge in [-0.25, -0.2) is 0 Å². The Morgan fingerprint density at radius 1 is 1.25 bits per heavy atom. The minimum Gasteiger partial charge on any atom is -0.339 e. The van der Waals surface area contributed by atoms with Crippen LogP contribution in [-0.4, -0.2) is 29.3 Å². The summed E-state index contributed by atoms with van der Waals surface area (Å²) in [5.74, 6) is -0.853. The monoisotopic (exact) mass is 342 g/mol. The highest BCUT2D eigenvalue weighted by molar-refractivity contribution is 5.97. The van der Waals surface area contributed by atoms with E-state index in [9.17, 15) is 22.8 Å². The predicted molar refractivity (Wildman–Crippen MR) is 84.3 cm³/mol. The van der Waals surface area contributed by atoms with E-state index in [0.29, 0.717) is 12.2 Å². The number of anilines is 1. The van der Waals surface area contributed by atoms with E-state index < -0.39 is 17.7 Å². The van der Waals surface area contributed by atoms with Gasteiger partial charge >= 0.3 is 6.18 Å². The molecule has 1 N–H and O–H groups in total. The number of nitrogens with one attached hydrogen (secondary N) is 1. The van der Waals surface area contributed by atoms with Gasteiger partial charge in [0, 0.05) is 24.7 Å². The molecule has 0 saturated carbocycles. The van der Waals surface area contributed by atoms with Gasteiger partial charge in [-0.05, 0) is 37.1 Å². The molecule has 1 fully saturated rings. The Labute approximate surface area is 139 Å². The van der Waals surface area contributed by atoms with Crippen LogP contribution in [0, 0.1) is 5.92 Å². The highest BCUT2D eigenvalue weighted by Crippen LogP contribution is 2.30. The van der Waals surface area contributed by atoms with E-state index in [1.165, 1.54) is 12.1 Å². The lowest BCUT2D eigenvalue weighted by molar-refractivity contribution is -0.137. The van der Waals surface area contributed by atoms with Gasteiger partial charge in [-0.15, -0.1) is 0 Å². The molecule has 0 bridgehead atoms. The van der Waals surface area contributed by atoms with Gasteiger partial charge in [0.2, 0.25) is 11.8 Å². The molecule has 1 aliphatic rings. The van der Waals surface area contributed by atoms with Gasteiger partial charge in [0.1, 0.15) is 0 Å². The van der Waals surface area contributed by atoms with Crippen LogP contribution in [0.25, 0.3) is 0 Å². The van der Waals surface area contributed by atoms with Crippen LogP contribution in [0.4, 0.5) is 18.9 Å². The first kappa shape index (κ1) is 18.3. The van der Waals surface area contributed by atoms with Crippen molar-refractivity contribution in [2.45, 2.75) is 45.3 Å². The first-order valence-electron chi connectivity index (χ1n) is 8.03. The fraction of sp³-hybridized carbons (Fsp3) is 0.529. The third-order valence-electron chi connectivity index (χ3n) is 4.39. The number of hydrogen-bond donors (Lipinski definition) is 1. The van der Waals surface area contributed by atoms with E-state index in [-0.39, 0.29) is 24.3 Å². The summed E-state index contributed by atoms with van der Waals surface area (Å²) < 4.78 is 37.6. The zero-order chi connectivity index (χ0) is 17.9. The van der Waals surface area contributed by atoms with Gasteiger partial charge in [0.05, 0.1) is 11.5 Å². The van der Waals surface area contributed by atoms with Gasteiger partial charge in [0.15, 0.2) is 0 Å². The number of carbonyl (C=O) groups excluding carboxylic acids is 2. The molecule has 1 aromatic rings. The normalized spacial score (nSPS) is 18.3. The van der Waals surface area contributed by atoms with Crippen LogP contribution in [0.3, 0.4) is 0 Å². The van der Waals surface area contributed by atoms with Gasteiger partial charge in [-0.2, -0.15) is 13.2 Å². The smallest absolute Gasteiger partial charge is 0.339 e. The number of alkyl halides is 3. The Hall–Kier alpha value is -2.05.